The van der Waals surface area contributed by atoms with Gasteiger partial charge in [-0.2, -0.15) is 0 Å². The zero-order valence-corrected chi connectivity index (χ0v) is 19.6. The van der Waals surface area contributed by atoms with Gasteiger partial charge in [-0.3, -0.25) is 9.36 Å². The summed E-state index contributed by atoms with van der Waals surface area (Å²) in [6, 6.07) is 18.1. The molecule has 1 aliphatic carbocycles. The van der Waals surface area contributed by atoms with Gasteiger partial charge < -0.3 is 10.1 Å². The Morgan fingerprint density at radius 1 is 1.12 bits per heavy atom. The van der Waals surface area contributed by atoms with Crippen LogP contribution in [0, 0.1) is 0 Å². The minimum atomic E-state index is -0.0148. The average molecular weight is 463 g/mol. The predicted molar refractivity (Wildman–Crippen MR) is 132 cm³/mol. The van der Waals surface area contributed by atoms with Crippen molar-refractivity contribution in [3.8, 4) is 17.1 Å². The van der Waals surface area contributed by atoms with E-state index in [1.54, 1.807) is 0 Å². The maximum absolute atomic E-state index is 12.3. The highest BCUT2D eigenvalue weighted by molar-refractivity contribution is 7.99. The number of rotatable bonds is 11. The fourth-order valence-electron chi connectivity index (χ4n) is 3.96. The molecule has 0 aliphatic heterocycles. The number of ether oxygens (including phenoxy) is 1. The molecule has 4 rings (SSSR count). The molecule has 1 heterocycles. The highest BCUT2D eigenvalue weighted by Crippen LogP contribution is 2.28. The molecule has 0 atom stereocenters. The lowest BCUT2D eigenvalue weighted by Gasteiger charge is -2.13. The molecule has 1 amide bonds. The summed E-state index contributed by atoms with van der Waals surface area (Å²) in [5.74, 6) is 1.92. The monoisotopic (exact) mass is 462 g/mol. The van der Waals surface area contributed by atoms with Gasteiger partial charge in [-0.25, -0.2) is 0 Å². The van der Waals surface area contributed by atoms with Gasteiger partial charge in [-0.15, -0.1) is 16.8 Å². The lowest BCUT2D eigenvalue weighted by molar-refractivity contribution is -0.118. The topological polar surface area (TPSA) is 69.0 Å². The fourth-order valence-corrected chi connectivity index (χ4v) is 4.73. The second kappa shape index (κ2) is 11.7. The second-order valence-corrected chi connectivity index (χ2v) is 9.07. The van der Waals surface area contributed by atoms with E-state index in [1.165, 1.54) is 30.2 Å². The lowest BCUT2D eigenvalue weighted by atomic mass is 10.1. The molecular formula is C26H30N4O2S. The molecule has 2 aromatic carbocycles. The van der Waals surface area contributed by atoms with Crippen LogP contribution < -0.4 is 10.1 Å². The standard InChI is InChI=1S/C26H30N4O2S/c1-2-18-30-25(21-12-14-23(15-13-21)32-22-10-6-7-11-22)28-29-26(30)33-19-24(31)27-17-16-20-8-4-3-5-9-20/h2-5,8-9,12-15,22H,1,6-7,10-11,16-19H2,(H,27,31). The Bertz CT molecular complexity index is 1040. The lowest BCUT2D eigenvalue weighted by Crippen LogP contribution is -2.27. The number of allylic oxidation sites excluding steroid dienone is 1. The van der Waals surface area contributed by atoms with Gasteiger partial charge in [-0.05, 0) is 61.9 Å². The number of hydrogen-bond acceptors (Lipinski definition) is 5. The summed E-state index contributed by atoms with van der Waals surface area (Å²) in [5, 5.41) is 12.4. The van der Waals surface area contributed by atoms with Gasteiger partial charge in [0.15, 0.2) is 11.0 Å². The van der Waals surface area contributed by atoms with Crippen molar-refractivity contribution in [3.05, 3.63) is 72.8 Å². The predicted octanol–water partition coefficient (Wildman–Crippen LogP) is 4.90. The number of carbonyl (C=O) groups is 1. The van der Waals surface area contributed by atoms with Gasteiger partial charge in [0, 0.05) is 18.7 Å². The number of amides is 1. The quantitative estimate of drug-likeness (QED) is 0.324. The Balaban J connectivity index is 1.34. The number of benzene rings is 2. The van der Waals surface area contributed by atoms with Gasteiger partial charge >= 0.3 is 0 Å². The maximum atomic E-state index is 12.3. The molecule has 0 unspecified atom stereocenters. The average Bonchev–Trinajstić information content (AvgIpc) is 3.49. The SMILES string of the molecule is C=CCn1c(SCC(=O)NCCc2ccccc2)nnc1-c1ccc(OC2CCCC2)cc1. The third-order valence-corrected chi connectivity index (χ3v) is 6.62. The number of carbonyl (C=O) groups excluding carboxylic acids is 1. The molecule has 1 saturated carbocycles. The van der Waals surface area contributed by atoms with Gasteiger partial charge in [0.25, 0.3) is 0 Å². The minimum absolute atomic E-state index is 0.0148. The molecule has 1 aliphatic rings. The van der Waals surface area contributed by atoms with Crippen molar-refractivity contribution in [1.29, 1.82) is 0 Å². The molecule has 0 saturated heterocycles. The van der Waals surface area contributed by atoms with Crippen molar-refractivity contribution >= 4 is 17.7 Å². The van der Waals surface area contributed by atoms with E-state index in [1.807, 2.05) is 53.1 Å². The van der Waals surface area contributed by atoms with Crippen LogP contribution in [-0.2, 0) is 17.8 Å². The number of thioether (sulfide) groups is 1. The summed E-state index contributed by atoms with van der Waals surface area (Å²) >= 11 is 1.39. The van der Waals surface area contributed by atoms with Crippen LogP contribution in [0.3, 0.4) is 0 Å². The Labute approximate surface area is 199 Å². The van der Waals surface area contributed by atoms with E-state index in [0.29, 0.717) is 24.3 Å². The number of nitrogens with one attached hydrogen (secondary N) is 1. The summed E-state index contributed by atoms with van der Waals surface area (Å²) in [7, 11) is 0. The highest BCUT2D eigenvalue weighted by Gasteiger charge is 2.18. The van der Waals surface area contributed by atoms with Crippen LogP contribution in [-0.4, -0.2) is 39.1 Å². The van der Waals surface area contributed by atoms with Gasteiger partial charge in [0.05, 0.1) is 11.9 Å². The molecule has 33 heavy (non-hydrogen) atoms. The maximum Gasteiger partial charge on any atom is 0.230 e. The second-order valence-electron chi connectivity index (χ2n) is 8.13. The van der Waals surface area contributed by atoms with Crippen molar-refractivity contribution in [2.75, 3.05) is 12.3 Å². The van der Waals surface area contributed by atoms with E-state index < -0.39 is 0 Å². The number of nitrogens with zero attached hydrogens (tertiary/aromatic N) is 3. The van der Waals surface area contributed by atoms with Crippen LogP contribution in [0.15, 0.2) is 72.4 Å². The van der Waals surface area contributed by atoms with E-state index in [2.05, 4.69) is 34.2 Å². The summed E-state index contributed by atoms with van der Waals surface area (Å²) in [6.07, 6.45) is 7.73. The molecule has 6 nitrogen and oxygen atoms in total. The van der Waals surface area contributed by atoms with E-state index in [-0.39, 0.29) is 11.7 Å². The van der Waals surface area contributed by atoms with Crippen LogP contribution in [0.25, 0.3) is 11.4 Å². The first-order valence-corrected chi connectivity index (χ1v) is 12.5. The summed E-state index contributed by atoms with van der Waals surface area (Å²) in [6.45, 7) is 5.05. The van der Waals surface area contributed by atoms with Gasteiger partial charge in [-0.1, -0.05) is 48.2 Å². The van der Waals surface area contributed by atoms with E-state index in [0.717, 1.165) is 36.4 Å². The van der Waals surface area contributed by atoms with Crippen LogP contribution in [0.2, 0.25) is 0 Å². The zero-order chi connectivity index (χ0) is 22.9. The van der Waals surface area contributed by atoms with Gasteiger partial charge in [0.2, 0.25) is 5.91 Å². The molecule has 0 radical (unpaired) electrons. The van der Waals surface area contributed by atoms with E-state index >= 15 is 0 Å². The van der Waals surface area contributed by atoms with Crippen molar-refractivity contribution in [2.24, 2.45) is 0 Å². The largest absolute Gasteiger partial charge is 0.490 e. The normalized spacial score (nSPS) is 13.7. The third-order valence-electron chi connectivity index (χ3n) is 5.66. The Morgan fingerprint density at radius 3 is 2.61 bits per heavy atom. The Kier molecular flexibility index (Phi) is 8.19. The number of aromatic nitrogens is 3. The third kappa shape index (κ3) is 6.48. The van der Waals surface area contributed by atoms with E-state index in [9.17, 15) is 4.79 Å². The molecular weight excluding hydrogens is 432 g/mol. The molecule has 1 aromatic heterocycles. The summed E-state index contributed by atoms with van der Waals surface area (Å²) in [5.41, 5.74) is 2.17. The molecule has 0 spiro atoms. The van der Waals surface area contributed by atoms with Crippen molar-refractivity contribution < 1.29 is 9.53 Å². The fraction of sp³-hybridized carbons (Fsp3) is 0.346. The van der Waals surface area contributed by atoms with Crippen LogP contribution >= 0.6 is 11.8 Å². The summed E-state index contributed by atoms with van der Waals surface area (Å²) in [4.78, 5) is 12.3. The van der Waals surface area contributed by atoms with Crippen molar-refractivity contribution in [1.82, 2.24) is 20.1 Å². The van der Waals surface area contributed by atoms with Crippen LogP contribution in [0.1, 0.15) is 31.2 Å². The zero-order valence-electron chi connectivity index (χ0n) is 18.8. The van der Waals surface area contributed by atoms with Crippen LogP contribution in [0.5, 0.6) is 5.75 Å². The van der Waals surface area contributed by atoms with Crippen molar-refractivity contribution in [2.45, 2.75) is 49.9 Å². The molecule has 7 heteroatoms. The first-order chi connectivity index (χ1) is 16.2. The van der Waals surface area contributed by atoms with Crippen LogP contribution in [0.4, 0.5) is 0 Å². The highest BCUT2D eigenvalue weighted by atomic mass is 32.2. The molecule has 1 fully saturated rings. The molecule has 3 aromatic rings. The smallest absolute Gasteiger partial charge is 0.230 e. The molecule has 172 valence electrons. The Morgan fingerprint density at radius 2 is 1.88 bits per heavy atom. The van der Waals surface area contributed by atoms with E-state index in [4.69, 9.17) is 4.74 Å². The molecule has 0 bridgehead atoms. The minimum Gasteiger partial charge on any atom is -0.490 e. The number of hydrogen-bond donors (Lipinski definition) is 1. The first-order valence-electron chi connectivity index (χ1n) is 11.5. The summed E-state index contributed by atoms with van der Waals surface area (Å²) < 4.78 is 8.05. The van der Waals surface area contributed by atoms with Crippen molar-refractivity contribution in [3.63, 3.8) is 0 Å². The first kappa shape index (κ1) is 23.1. The van der Waals surface area contributed by atoms with Gasteiger partial charge in [0.1, 0.15) is 5.75 Å². The Hall–Kier alpha value is -3.06. The molecule has 1 N–H and O–H groups in total.